The largest absolute Gasteiger partial charge is 0.467 e. The zero-order valence-corrected chi connectivity index (χ0v) is 14.7. The summed E-state index contributed by atoms with van der Waals surface area (Å²) in [5.74, 6) is 0.649. The van der Waals surface area contributed by atoms with Crippen molar-refractivity contribution in [2.75, 3.05) is 13.9 Å². The van der Waals surface area contributed by atoms with Gasteiger partial charge in [0.05, 0.1) is 7.11 Å². The minimum atomic E-state index is -0.648. The second-order valence-electron chi connectivity index (χ2n) is 5.73. The van der Waals surface area contributed by atoms with Gasteiger partial charge >= 0.3 is 5.97 Å². The van der Waals surface area contributed by atoms with Crippen LogP contribution in [0, 0.1) is 5.92 Å². The molecule has 134 valence electrons. The summed E-state index contributed by atoms with van der Waals surface area (Å²) in [7, 11) is 1.31. The molecular weight excluding hydrogens is 322 g/mol. The number of allylic oxidation sites excluding steroid dienone is 2. The number of esters is 1. The standard InChI is InChI=1S/C19H23NO5/c1-4-13(2)18(19(22)23-3)20-17(21)8-6-5-7-14-9-10-15-16(11-14)25-12-24-15/h5-11,13,18H,4,12H2,1-3H3,(H,20,21)/b7-5+,8-6+/t13-,18-/m0/s1. The van der Waals surface area contributed by atoms with Crippen LogP contribution in [-0.4, -0.2) is 31.8 Å². The summed E-state index contributed by atoms with van der Waals surface area (Å²) < 4.78 is 15.3. The van der Waals surface area contributed by atoms with E-state index >= 15 is 0 Å². The van der Waals surface area contributed by atoms with Crippen molar-refractivity contribution in [2.24, 2.45) is 5.92 Å². The summed E-state index contributed by atoms with van der Waals surface area (Å²) in [5, 5.41) is 2.68. The fourth-order valence-electron chi connectivity index (χ4n) is 2.32. The molecule has 6 heteroatoms. The van der Waals surface area contributed by atoms with Crippen molar-refractivity contribution in [3.63, 3.8) is 0 Å². The van der Waals surface area contributed by atoms with Crippen molar-refractivity contribution in [2.45, 2.75) is 26.3 Å². The molecule has 0 bridgehead atoms. The number of carbonyl (C=O) groups is 2. The molecule has 0 aliphatic carbocycles. The predicted molar refractivity (Wildman–Crippen MR) is 94.1 cm³/mol. The number of benzene rings is 1. The lowest BCUT2D eigenvalue weighted by molar-refractivity contribution is -0.146. The average Bonchev–Trinajstić information content (AvgIpc) is 3.09. The summed E-state index contributed by atoms with van der Waals surface area (Å²) in [6.45, 7) is 4.09. The van der Waals surface area contributed by atoms with E-state index < -0.39 is 12.0 Å². The average molecular weight is 345 g/mol. The number of hydrogen-bond donors (Lipinski definition) is 1. The first-order chi connectivity index (χ1) is 12.0. The molecule has 1 amide bonds. The monoisotopic (exact) mass is 345 g/mol. The van der Waals surface area contributed by atoms with E-state index in [-0.39, 0.29) is 18.6 Å². The number of amides is 1. The fourth-order valence-corrected chi connectivity index (χ4v) is 2.32. The highest BCUT2D eigenvalue weighted by atomic mass is 16.7. The second-order valence-corrected chi connectivity index (χ2v) is 5.73. The van der Waals surface area contributed by atoms with Crippen LogP contribution in [0.4, 0.5) is 0 Å². The molecule has 0 fully saturated rings. The molecule has 0 saturated carbocycles. The van der Waals surface area contributed by atoms with Gasteiger partial charge < -0.3 is 19.5 Å². The molecule has 25 heavy (non-hydrogen) atoms. The van der Waals surface area contributed by atoms with E-state index in [0.29, 0.717) is 5.75 Å². The van der Waals surface area contributed by atoms with E-state index in [4.69, 9.17) is 14.2 Å². The second kappa shape index (κ2) is 8.92. The third-order valence-electron chi connectivity index (χ3n) is 4.01. The Morgan fingerprint density at radius 3 is 2.76 bits per heavy atom. The van der Waals surface area contributed by atoms with Gasteiger partial charge in [-0.05, 0) is 23.6 Å². The van der Waals surface area contributed by atoms with Crippen molar-refractivity contribution >= 4 is 18.0 Å². The van der Waals surface area contributed by atoms with Gasteiger partial charge in [-0.1, -0.05) is 44.6 Å². The van der Waals surface area contributed by atoms with E-state index in [1.165, 1.54) is 13.2 Å². The summed E-state index contributed by atoms with van der Waals surface area (Å²) in [5.41, 5.74) is 0.932. The van der Waals surface area contributed by atoms with Gasteiger partial charge in [-0.3, -0.25) is 4.79 Å². The van der Waals surface area contributed by atoms with E-state index in [0.717, 1.165) is 17.7 Å². The Kier molecular flexibility index (Phi) is 6.62. The Bertz CT molecular complexity index is 680. The summed E-state index contributed by atoms with van der Waals surface area (Å²) in [6, 6.07) is 4.95. The zero-order chi connectivity index (χ0) is 18.2. The fraction of sp³-hybridized carbons (Fsp3) is 0.368. The highest BCUT2D eigenvalue weighted by Crippen LogP contribution is 2.32. The summed E-state index contributed by atoms with van der Waals surface area (Å²) >= 11 is 0. The molecule has 1 aliphatic rings. The highest BCUT2D eigenvalue weighted by molar-refractivity contribution is 5.91. The smallest absolute Gasteiger partial charge is 0.328 e. The van der Waals surface area contributed by atoms with Gasteiger partial charge in [-0.2, -0.15) is 0 Å². The molecule has 1 aromatic rings. The van der Waals surface area contributed by atoms with Crippen LogP contribution in [0.2, 0.25) is 0 Å². The van der Waals surface area contributed by atoms with Crippen LogP contribution in [0.3, 0.4) is 0 Å². The molecule has 1 aromatic carbocycles. The van der Waals surface area contributed by atoms with E-state index in [9.17, 15) is 9.59 Å². The zero-order valence-electron chi connectivity index (χ0n) is 14.7. The number of rotatable bonds is 7. The maximum absolute atomic E-state index is 12.0. The molecule has 0 radical (unpaired) electrons. The van der Waals surface area contributed by atoms with E-state index in [1.54, 1.807) is 12.2 Å². The molecule has 0 unspecified atom stereocenters. The Balaban J connectivity index is 1.92. The summed E-state index contributed by atoms with van der Waals surface area (Å²) in [6.07, 6.45) is 7.34. The van der Waals surface area contributed by atoms with Gasteiger partial charge in [0.15, 0.2) is 11.5 Å². The number of methoxy groups -OCH3 is 1. The molecule has 0 spiro atoms. The van der Waals surface area contributed by atoms with Crippen molar-refractivity contribution in [3.05, 3.63) is 42.0 Å². The number of carbonyl (C=O) groups excluding carboxylic acids is 2. The number of fused-ring (bicyclic) bond motifs is 1. The molecule has 1 heterocycles. The van der Waals surface area contributed by atoms with Gasteiger partial charge in [-0.25, -0.2) is 4.79 Å². The highest BCUT2D eigenvalue weighted by Gasteiger charge is 2.25. The van der Waals surface area contributed by atoms with E-state index in [1.807, 2.05) is 38.1 Å². The lowest BCUT2D eigenvalue weighted by Gasteiger charge is -2.20. The molecule has 2 atom stereocenters. The van der Waals surface area contributed by atoms with Crippen LogP contribution in [-0.2, 0) is 14.3 Å². The minimum Gasteiger partial charge on any atom is -0.467 e. The van der Waals surface area contributed by atoms with Crippen LogP contribution in [0.1, 0.15) is 25.8 Å². The number of nitrogens with one attached hydrogen (secondary N) is 1. The van der Waals surface area contributed by atoms with Crippen molar-refractivity contribution in [3.8, 4) is 11.5 Å². The first kappa shape index (κ1) is 18.6. The van der Waals surface area contributed by atoms with Crippen molar-refractivity contribution in [1.82, 2.24) is 5.32 Å². The molecular formula is C19H23NO5. The first-order valence-corrected chi connectivity index (χ1v) is 8.17. The normalized spacial score (nSPS) is 15.3. The van der Waals surface area contributed by atoms with Crippen LogP contribution >= 0.6 is 0 Å². The predicted octanol–water partition coefficient (Wildman–Crippen LogP) is 2.69. The van der Waals surface area contributed by atoms with Crippen LogP contribution in [0.15, 0.2) is 36.4 Å². The van der Waals surface area contributed by atoms with Gasteiger partial charge in [0.1, 0.15) is 6.04 Å². The Morgan fingerprint density at radius 2 is 2.04 bits per heavy atom. The van der Waals surface area contributed by atoms with Crippen LogP contribution < -0.4 is 14.8 Å². The third-order valence-corrected chi connectivity index (χ3v) is 4.01. The molecule has 6 nitrogen and oxygen atoms in total. The SMILES string of the molecule is CC[C@H](C)[C@H](NC(=O)/C=C/C=C/c1ccc2c(c1)OCO2)C(=O)OC. The topological polar surface area (TPSA) is 73.9 Å². The molecule has 2 rings (SSSR count). The number of ether oxygens (including phenoxy) is 3. The maximum Gasteiger partial charge on any atom is 0.328 e. The van der Waals surface area contributed by atoms with Gasteiger partial charge in [0.2, 0.25) is 12.7 Å². The molecule has 1 aliphatic heterocycles. The lowest BCUT2D eigenvalue weighted by Crippen LogP contribution is -2.45. The number of hydrogen-bond acceptors (Lipinski definition) is 5. The van der Waals surface area contributed by atoms with Gasteiger partial charge in [0.25, 0.3) is 0 Å². The van der Waals surface area contributed by atoms with Crippen LogP contribution in [0.25, 0.3) is 6.08 Å². The summed E-state index contributed by atoms with van der Waals surface area (Å²) in [4.78, 5) is 23.7. The Morgan fingerprint density at radius 1 is 1.28 bits per heavy atom. The first-order valence-electron chi connectivity index (χ1n) is 8.17. The molecule has 0 aromatic heterocycles. The van der Waals surface area contributed by atoms with Gasteiger partial charge in [-0.15, -0.1) is 0 Å². The van der Waals surface area contributed by atoms with Crippen LogP contribution in [0.5, 0.6) is 11.5 Å². The van der Waals surface area contributed by atoms with Crippen molar-refractivity contribution in [1.29, 1.82) is 0 Å². The Labute approximate surface area is 147 Å². The van der Waals surface area contributed by atoms with Gasteiger partial charge in [0, 0.05) is 6.08 Å². The Hall–Kier alpha value is -2.76. The third kappa shape index (κ3) is 5.11. The molecule has 0 saturated heterocycles. The van der Waals surface area contributed by atoms with Crippen molar-refractivity contribution < 1.29 is 23.8 Å². The van der Waals surface area contributed by atoms with E-state index in [2.05, 4.69) is 5.32 Å². The minimum absolute atomic E-state index is 0.00558. The maximum atomic E-state index is 12.0. The lowest BCUT2D eigenvalue weighted by atomic mass is 9.99. The quantitative estimate of drug-likeness (QED) is 0.467. The molecule has 1 N–H and O–H groups in total.